The minimum Gasteiger partial charge on any atom is -0.352 e. The van der Waals surface area contributed by atoms with Gasteiger partial charge in [-0.3, -0.25) is 13.9 Å². The fourth-order valence-corrected chi connectivity index (χ4v) is 6.10. The summed E-state index contributed by atoms with van der Waals surface area (Å²) in [7, 11) is -3.93. The van der Waals surface area contributed by atoms with Crippen LogP contribution in [-0.2, 0) is 32.6 Å². The van der Waals surface area contributed by atoms with Crippen LogP contribution in [0.15, 0.2) is 72.8 Å². The molecule has 7 nitrogen and oxygen atoms in total. The Kier molecular flexibility index (Phi) is 10.0. The van der Waals surface area contributed by atoms with E-state index in [1.165, 1.54) is 17.0 Å². The number of sulfonamides is 1. The number of hydrogen-bond acceptors (Lipinski definition) is 4. The van der Waals surface area contributed by atoms with Gasteiger partial charge in [0.2, 0.25) is 21.8 Å². The Morgan fingerprint density at radius 1 is 1.02 bits per heavy atom. The zero-order valence-corrected chi connectivity index (χ0v) is 24.8. The molecule has 0 heterocycles. The summed E-state index contributed by atoms with van der Waals surface area (Å²) in [6, 6.07) is 19.0. The highest BCUT2D eigenvalue weighted by molar-refractivity contribution is 7.92. The topological polar surface area (TPSA) is 86.8 Å². The summed E-state index contributed by atoms with van der Waals surface area (Å²) < 4.78 is 41.6. The number of hydrogen-bond donors (Lipinski definition) is 1. The van der Waals surface area contributed by atoms with Gasteiger partial charge in [0.25, 0.3) is 0 Å². The zero-order valence-electron chi connectivity index (χ0n) is 23.2. The summed E-state index contributed by atoms with van der Waals surface area (Å²) in [6.45, 7) is 0.983. The summed E-state index contributed by atoms with van der Waals surface area (Å²) >= 11 is 6.28. The molecule has 0 aliphatic heterocycles. The second kappa shape index (κ2) is 13.5. The van der Waals surface area contributed by atoms with Crippen LogP contribution in [0.4, 0.5) is 10.1 Å². The van der Waals surface area contributed by atoms with Gasteiger partial charge in [-0.2, -0.15) is 0 Å². The molecule has 41 heavy (non-hydrogen) atoms. The third-order valence-corrected chi connectivity index (χ3v) is 8.94. The van der Waals surface area contributed by atoms with Gasteiger partial charge in [-0.1, -0.05) is 79.0 Å². The smallest absolute Gasteiger partial charge is 0.244 e. The largest absolute Gasteiger partial charge is 0.352 e. The first-order chi connectivity index (χ1) is 19.5. The second-order valence-corrected chi connectivity index (χ2v) is 12.8. The molecule has 218 valence electrons. The lowest BCUT2D eigenvalue weighted by Gasteiger charge is -2.34. The van der Waals surface area contributed by atoms with Crippen LogP contribution < -0.4 is 9.62 Å². The molecule has 0 spiro atoms. The monoisotopic (exact) mass is 599 g/mol. The van der Waals surface area contributed by atoms with Crippen LogP contribution in [0.3, 0.4) is 0 Å². The lowest BCUT2D eigenvalue weighted by molar-refractivity contribution is -0.140. The van der Waals surface area contributed by atoms with Crippen molar-refractivity contribution in [3.8, 4) is 0 Å². The first kappa shape index (κ1) is 30.5. The molecule has 0 bridgehead atoms. The molecule has 4 rings (SSSR count). The third-order valence-electron chi connectivity index (χ3n) is 7.39. The number of aryl methyl sites for hydroxylation is 1. The van der Waals surface area contributed by atoms with E-state index >= 15 is 0 Å². The first-order valence-corrected chi connectivity index (χ1v) is 15.9. The molecule has 1 fully saturated rings. The Morgan fingerprint density at radius 3 is 2.32 bits per heavy atom. The zero-order chi connectivity index (χ0) is 29.6. The van der Waals surface area contributed by atoms with Gasteiger partial charge >= 0.3 is 0 Å². The van der Waals surface area contributed by atoms with E-state index in [1.807, 2.05) is 30.3 Å². The average Bonchev–Trinajstić information content (AvgIpc) is 3.44. The van der Waals surface area contributed by atoms with E-state index in [-0.39, 0.29) is 36.2 Å². The highest BCUT2D eigenvalue weighted by atomic mass is 35.5. The van der Waals surface area contributed by atoms with Crippen LogP contribution in [-0.4, -0.2) is 50.0 Å². The Labute approximate surface area is 246 Å². The Bertz CT molecular complexity index is 1480. The summed E-state index contributed by atoms with van der Waals surface area (Å²) in [6.07, 6.45) is 4.89. The molecule has 0 aromatic heterocycles. The van der Waals surface area contributed by atoms with Crippen LogP contribution in [0, 0.1) is 12.7 Å². The number of halogens is 2. The first-order valence-electron chi connectivity index (χ1n) is 13.6. The van der Waals surface area contributed by atoms with E-state index in [0.29, 0.717) is 5.02 Å². The van der Waals surface area contributed by atoms with Gasteiger partial charge in [0.15, 0.2) is 0 Å². The van der Waals surface area contributed by atoms with Crippen molar-refractivity contribution in [2.45, 2.75) is 57.7 Å². The molecule has 1 aliphatic carbocycles. The number of nitrogens with zero attached hydrogens (tertiary/aromatic N) is 2. The number of amides is 2. The van der Waals surface area contributed by atoms with Crippen molar-refractivity contribution in [2.24, 2.45) is 0 Å². The Balaban J connectivity index is 1.74. The number of nitrogens with one attached hydrogen (secondary N) is 1. The molecule has 3 aromatic rings. The van der Waals surface area contributed by atoms with Crippen molar-refractivity contribution in [3.63, 3.8) is 0 Å². The van der Waals surface area contributed by atoms with E-state index < -0.39 is 34.3 Å². The van der Waals surface area contributed by atoms with E-state index in [9.17, 15) is 22.4 Å². The predicted octanol–water partition coefficient (Wildman–Crippen LogP) is 5.25. The number of anilines is 1. The van der Waals surface area contributed by atoms with Gasteiger partial charge in [-0.05, 0) is 49.1 Å². The number of carbonyl (C=O) groups is 2. The number of rotatable bonds is 11. The van der Waals surface area contributed by atoms with Crippen LogP contribution in [0.1, 0.15) is 42.4 Å². The maximum absolute atomic E-state index is 14.9. The summed E-state index contributed by atoms with van der Waals surface area (Å²) in [5, 5.41) is 3.44. The minimum absolute atomic E-state index is 0.00611. The Hall–Kier alpha value is -3.43. The van der Waals surface area contributed by atoms with Crippen molar-refractivity contribution in [1.29, 1.82) is 0 Å². The molecule has 1 atom stereocenters. The summed E-state index contributed by atoms with van der Waals surface area (Å²) in [5.74, 6) is -1.52. The van der Waals surface area contributed by atoms with Gasteiger partial charge in [-0.15, -0.1) is 0 Å². The third kappa shape index (κ3) is 8.07. The van der Waals surface area contributed by atoms with Crippen molar-refractivity contribution in [2.75, 3.05) is 17.1 Å². The quantitative estimate of drug-likeness (QED) is 0.326. The fraction of sp³-hybridized carbons (Fsp3) is 0.355. The highest BCUT2D eigenvalue weighted by Gasteiger charge is 2.34. The molecule has 1 saturated carbocycles. The summed E-state index contributed by atoms with van der Waals surface area (Å²) in [4.78, 5) is 29.2. The van der Waals surface area contributed by atoms with E-state index in [4.69, 9.17) is 11.6 Å². The number of carbonyl (C=O) groups excluding carboxylic acids is 2. The molecular formula is C31H35ClFN3O4S. The predicted molar refractivity (Wildman–Crippen MR) is 160 cm³/mol. The van der Waals surface area contributed by atoms with Gasteiger partial charge in [0.1, 0.15) is 18.4 Å². The molecule has 3 aromatic carbocycles. The summed E-state index contributed by atoms with van der Waals surface area (Å²) in [5.41, 5.74) is 2.01. The van der Waals surface area contributed by atoms with E-state index in [1.54, 1.807) is 37.3 Å². The maximum atomic E-state index is 14.9. The molecule has 10 heteroatoms. The maximum Gasteiger partial charge on any atom is 0.244 e. The van der Waals surface area contributed by atoms with Crippen molar-refractivity contribution < 1.29 is 22.4 Å². The van der Waals surface area contributed by atoms with Gasteiger partial charge in [0, 0.05) is 29.6 Å². The lowest BCUT2D eigenvalue weighted by atomic mass is 10.0. The molecule has 0 saturated heterocycles. The molecule has 2 amide bonds. The van der Waals surface area contributed by atoms with Crippen LogP contribution in [0.2, 0.25) is 5.02 Å². The normalized spacial score (nSPS) is 14.4. The molecule has 0 unspecified atom stereocenters. The van der Waals surface area contributed by atoms with Gasteiger partial charge in [0.05, 0.1) is 11.9 Å². The Morgan fingerprint density at radius 2 is 1.68 bits per heavy atom. The van der Waals surface area contributed by atoms with Gasteiger partial charge < -0.3 is 10.2 Å². The van der Waals surface area contributed by atoms with Crippen LogP contribution >= 0.6 is 11.6 Å². The van der Waals surface area contributed by atoms with Crippen LogP contribution in [0.25, 0.3) is 0 Å². The highest BCUT2D eigenvalue weighted by Crippen LogP contribution is 2.26. The van der Waals surface area contributed by atoms with Crippen LogP contribution in [0.5, 0.6) is 0 Å². The second-order valence-electron chi connectivity index (χ2n) is 10.5. The fourth-order valence-electron chi connectivity index (χ4n) is 5.08. The lowest BCUT2D eigenvalue weighted by Crippen LogP contribution is -2.54. The standard InChI is InChI=1S/C31H35ClFN3O4S/c1-22-16-17-26(19-27(22)32)36(41(2,39)40)21-30(37)35(20-24-12-6-9-15-28(24)33)29(18-23-10-4-3-5-11-23)31(38)34-25-13-7-8-14-25/h3-6,9-12,15-17,19,25,29H,7-8,13-14,18,20-21H2,1-2H3,(H,34,38)/t29-/m1/s1. The van der Waals surface area contributed by atoms with Crippen molar-refractivity contribution in [3.05, 3.63) is 100 Å². The molecule has 1 N–H and O–H groups in total. The molecule has 0 radical (unpaired) electrons. The number of benzene rings is 3. The van der Waals surface area contributed by atoms with E-state index in [2.05, 4.69) is 5.32 Å². The van der Waals surface area contributed by atoms with Crippen molar-refractivity contribution in [1.82, 2.24) is 10.2 Å². The average molecular weight is 600 g/mol. The molecule has 1 aliphatic rings. The minimum atomic E-state index is -3.93. The van der Waals surface area contributed by atoms with Crippen molar-refractivity contribution >= 4 is 39.1 Å². The van der Waals surface area contributed by atoms with E-state index in [0.717, 1.165) is 47.4 Å². The molecular weight excluding hydrogens is 565 g/mol. The van der Waals surface area contributed by atoms with Gasteiger partial charge in [-0.25, -0.2) is 12.8 Å². The SMILES string of the molecule is Cc1ccc(N(CC(=O)N(Cc2ccccc2F)[C@H](Cc2ccccc2)C(=O)NC2CCCC2)S(C)(=O)=O)cc1Cl.